The molecule has 46 heteroatoms. The van der Waals surface area contributed by atoms with Crippen LogP contribution in [0.2, 0.25) is 0 Å². The number of ketones is 3. The molecule has 7 aromatic carbocycles. The van der Waals surface area contributed by atoms with Crippen molar-refractivity contribution < 1.29 is 86.8 Å². The van der Waals surface area contributed by atoms with Gasteiger partial charge in [0.25, 0.3) is 68.2 Å². The lowest BCUT2D eigenvalue weighted by atomic mass is 10.0. The van der Waals surface area contributed by atoms with E-state index in [4.69, 9.17) is 0 Å². The molecule has 0 N–H and O–H groups in total. The Morgan fingerprint density at radius 2 is 0.547 bits per heavy atom. The van der Waals surface area contributed by atoms with Gasteiger partial charge < -0.3 is 0 Å². The maximum Gasteiger partial charge on any atom is 0.325 e. The summed E-state index contributed by atoms with van der Waals surface area (Å²) in [5.41, 5.74) is -10.9. The summed E-state index contributed by atoms with van der Waals surface area (Å²) in [7, 11) is -4.35. The molecule has 0 spiro atoms. The van der Waals surface area contributed by atoms with Crippen LogP contribution in [0.4, 0.5) is 73.2 Å². The van der Waals surface area contributed by atoms with Crippen LogP contribution in [-0.4, -0.2) is 89.8 Å². The van der Waals surface area contributed by atoms with E-state index in [2.05, 4.69) is 0 Å². The van der Waals surface area contributed by atoms with E-state index in [1.807, 2.05) is 0 Å². The lowest BCUT2D eigenvalue weighted by molar-refractivity contribution is -0.395. The van der Waals surface area contributed by atoms with Gasteiger partial charge >= 0.3 is 5.00 Å². The molecule has 44 nitrogen and oxygen atoms in total. The van der Waals surface area contributed by atoms with Gasteiger partial charge in [-0.15, -0.1) is 0 Å². The van der Waals surface area contributed by atoms with Gasteiger partial charge in [-0.25, -0.2) is 8.42 Å². The van der Waals surface area contributed by atoms with E-state index in [0.717, 1.165) is 72.8 Å². The molecule has 1 aliphatic heterocycles. The summed E-state index contributed by atoms with van der Waals surface area (Å²) in [6, 6.07) is 14.7. The van der Waals surface area contributed by atoms with Crippen molar-refractivity contribution >= 4 is 112 Å². The van der Waals surface area contributed by atoms with E-state index in [-0.39, 0.29) is 65.6 Å². The largest absolute Gasteiger partial charge is 0.325 e. The topological polar surface area (TPSA) is 646 Å². The van der Waals surface area contributed by atoms with Crippen LogP contribution in [0.25, 0.3) is 43.8 Å². The summed E-state index contributed by atoms with van der Waals surface area (Å²) >= 11 is 0.628. The molecule has 3 aliphatic carbocycles. The molecule has 0 fully saturated rings. The van der Waals surface area contributed by atoms with Crippen LogP contribution in [0, 0.1) is 131 Å². The first-order chi connectivity index (χ1) is 44.4. The van der Waals surface area contributed by atoms with E-state index in [0.29, 0.717) is 35.6 Å². The number of non-ortho nitro benzene ring substituents is 7. The molecule has 0 amide bonds. The average Bonchev–Trinajstić information content (AvgIpc) is 1.61. The molecule has 0 unspecified atom stereocenters. The van der Waals surface area contributed by atoms with Gasteiger partial charge in [-0.3, -0.25) is 146 Å². The Morgan fingerprint density at radius 3 is 0.937 bits per heavy atom. The quantitative estimate of drug-likeness (QED) is 0.0764. The van der Waals surface area contributed by atoms with Crippen molar-refractivity contribution in [2.24, 2.45) is 0 Å². The highest BCUT2D eigenvalue weighted by molar-refractivity contribution is 7.92. The zero-order valence-electron chi connectivity index (χ0n) is 45.1. The van der Waals surface area contributed by atoms with Crippen molar-refractivity contribution in [2.45, 2.75) is 9.79 Å². The van der Waals surface area contributed by atoms with Crippen LogP contribution in [0.5, 0.6) is 0 Å². The number of hydrogen-bond acceptors (Lipinski definition) is 32. The predicted molar refractivity (Wildman–Crippen MR) is 308 cm³/mol. The van der Waals surface area contributed by atoms with E-state index in [1.54, 1.807) is 0 Å². The van der Waals surface area contributed by atoms with Gasteiger partial charge in [-0.05, 0) is 12.1 Å². The Balaban J connectivity index is 0.000000149. The first-order valence-electron chi connectivity index (χ1n) is 24.5. The first-order valence-corrected chi connectivity index (χ1v) is 26.8. The fourth-order valence-electron chi connectivity index (χ4n) is 10.0. The lowest BCUT2D eigenvalue weighted by Gasteiger charge is -2.03. The minimum Gasteiger partial charge on any atom is -0.289 e. The van der Waals surface area contributed by atoms with E-state index >= 15 is 0 Å². The number of nitrogens with zero attached hydrogens (tertiary/aromatic N) is 13. The van der Waals surface area contributed by atoms with E-state index < -0.39 is 186 Å². The molecule has 0 saturated heterocycles. The number of fused-ring (bicyclic) bond motifs is 12. The Hall–Kier alpha value is -14.6. The highest BCUT2D eigenvalue weighted by Gasteiger charge is 2.45. The number of sulfone groups is 1. The van der Waals surface area contributed by atoms with Crippen molar-refractivity contribution in [1.82, 2.24) is 0 Å². The van der Waals surface area contributed by atoms with Gasteiger partial charge in [0.1, 0.15) is 0 Å². The molecule has 0 radical (unpaired) electrons. The van der Waals surface area contributed by atoms with Crippen LogP contribution in [0.3, 0.4) is 0 Å². The monoisotopic (exact) mass is 1350 g/mol. The van der Waals surface area contributed by atoms with Gasteiger partial charge in [0.05, 0.1) is 137 Å². The Kier molecular flexibility index (Phi) is 16.0. The number of hydrogen-bond donors (Lipinski definition) is 0. The Bertz CT molecular complexity index is 5180. The van der Waals surface area contributed by atoms with Crippen molar-refractivity contribution in [3.05, 3.63) is 268 Å². The molecule has 0 bridgehead atoms. The van der Waals surface area contributed by atoms with Crippen LogP contribution >= 0.6 is 11.3 Å². The molecular formula is C49H17N13O31S2. The number of thiophene rings is 1. The minimum absolute atomic E-state index is 0.0460. The standard InChI is InChI=1S/C13H4N4O9.C13H5N3O7.C12H5N3O8S.C11H3N3O7S/c18-13-7-1-5(14(19)20)3-9(16(23)24)11(7)12-8(13)2-6(15(21)22)4-10(12)17(25)26;17-13-9-3-6(14(18)19)1-2-8(9)12-10(13)4-7(15(20)21)5-11(12)16(22)23;16-13(17)6-1-2-8-10(4-6)24(22,23)11-5-7(14(18)19)3-9(12(8)11)15(20)21;15-10-5-1-4(12(16)17)2-7(13(18)19)9(5)11-6(10)3-8(22-11)14(20)21/h1-4H;1-5H;1-5H;1-3H. The van der Waals surface area contributed by atoms with Crippen LogP contribution in [0.15, 0.2) is 113 Å². The third-order valence-corrected chi connectivity index (χ3v) is 16.8. The van der Waals surface area contributed by atoms with E-state index in [1.165, 1.54) is 6.07 Å². The normalized spacial score (nSPS) is 12.3. The smallest absolute Gasteiger partial charge is 0.289 e. The maximum atomic E-state index is 12.5. The zero-order valence-corrected chi connectivity index (χ0v) is 46.7. The molecule has 4 aliphatic rings. The van der Waals surface area contributed by atoms with Gasteiger partial charge in [0.2, 0.25) is 9.84 Å². The molecule has 1 aromatic heterocycles. The molecule has 95 heavy (non-hydrogen) atoms. The third kappa shape index (κ3) is 11.1. The number of nitro benzene ring substituents is 12. The van der Waals surface area contributed by atoms with Gasteiger partial charge in [0.15, 0.2) is 17.3 Å². The number of benzene rings is 7. The number of rotatable bonds is 13. The molecule has 2 heterocycles. The molecule has 0 saturated carbocycles. The molecular weight excluding hydrogens is 1330 g/mol. The average molecular weight is 1350 g/mol. The lowest BCUT2D eigenvalue weighted by Crippen LogP contribution is -2.00. The zero-order chi connectivity index (χ0) is 70.2. The first kappa shape index (κ1) is 64.9. The summed E-state index contributed by atoms with van der Waals surface area (Å²) in [6.45, 7) is 0. The second kappa shape index (κ2) is 23.4. The summed E-state index contributed by atoms with van der Waals surface area (Å²) in [6.07, 6.45) is 0. The third-order valence-electron chi connectivity index (χ3n) is 13.9. The summed E-state index contributed by atoms with van der Waals surface area (Å²) in [4.78, 5) is 168. The molecule has 476 valence electrons. The Labute approximate surface area is 518 Å². The van der Waals surface area contributed by atoms with Crippen molar-refractivity contribution in [3.8, 4) is 43.8 Å². The summed E-state index contributed by atoms with van der Waals surface area (Å²) in [5.74, 6) is -2.42. The number of carbonyl (C=O) groups excluding carboxylic acids is 3. The fraction of sp³-hybridized carbons (Fsp3) is 0. The maximum absolute atomic E-state index is 12.5. The SMILES string of the molecule is O=C1c2cc([N+](=O)[O-])cc([N+](=O)[O-])c2-c2c1cc([N+](=O)[O-])cc2[N+](=O)[O-].O=C1c2cc([N+](=O)[O-])ccc2-c2c1cc([N+](=O)[O-])cc2[N+](=O)[O-].O=C1c2cc([N+](=O)[O-])sc2-c2c1cc([N+](=O)[O-])cc2[N+](=O)[O-].O=[N+]([O-])c1ccc2c(c1)S(=O)(=O)c1cc([N+](=O)[O-])cc([N+](=O)[O-])c1-2. The highest BCUT2D eigenvalue weighted by Crippen LogP contribution is 2.53. The highest BCUT2D eigenvalue weighted by atomic mass is 32.2. The molecule has 8 aromatic rings. The van der Waals surface area contributed by atoms with Gasteiger partial charge in [0, 0.05) is 105 Å². The fourth-order valence-corrected chi connectivity index (χ4v) is 12.8. The Morgan fingerprint density at radius 1 is 0.253 bits per heavy atom. The van der Waals surface area contributed by atoms with Crippen LogP contribution in [-0.2, 0) is 9.84 Å². The van der Waals surface area contributed by atoms with Crippen molar-refractivity contribution in [1.29, 1.82) is 0 Å². The second-order valence-corrected chi connectivity index (χ2v) is 21.9. The van der Waals surface area contributed by atoms with E-state index in [9.17, 15) is 154 Å². The number of nitro groups is 13. The predicted octanol–water partition coefficient (Wildman–Crippen LogP) is 10.1. The van der Waals surface area contributed by atoms with Crippen molar-refractivity contribution in [2.75, 3.05) is 0 Å². The van der Waals surface area contributed by atoms with Gasteiger partial charge in [-0.2, -0.15) is 0 Å². The summed E-state index contributed by atoms with van der Waals surface area (Å²) < 4.78 is 25.1. The van der Waals surface area contributed by atoms with Crippen LogP contribution in [0.1, 0.15) is 47.8 Å². The molecule has 0 atom stereocenters. The van der Waals surface area contributed by atoms with Gasteiger partial charge in [-0.1, -0.05) is 11.3 Å². The number of carbonyl (C=O) groups is 3. The molecule has 12 rings (SSSR count). The second-order valence-electron chi connectivity index (χ2n) is 19.0. The minimum atomic E-state index is -4.35. The van der Waals surface area contributed by atoms with Crippen LogP contribution < -0.4 is 0 Å². The summed E-state index contributed by atoms with van der Waals surface area (Å²) in [5, 5.41) is 143. The van der Waals surface area contributed by atoms with Crippen molar-refractivity contribution in [3.63, 3.8) is 0 Å².